The van der Waals surface area contributed by atoms with Gasteiger partial charge in [0.25, 0.3) is 11.8 Å². The highest BCUT2D eigenvalue weighted by atomic mass is 19.4. The minimum atomic E-state index is -4.49. The summed E-state index contributed by atoms with van der Waals surface area (Å²) in [4.78, 5) is 44.9. The molecule has 0 radical (unpaired) electrons. The van der Waals surface area contributed by atoms with E-state index in [1.165, 1.54) is 30.5 Å². The second kappa shape index (κ2) is 16.6. The fourth-order valence-corrected chi connectivity index (χ4v) is 6.14. The Labute approximate surface area is 304 Å². The number of alkyl halides is 3. The molecule has 53 heavy (non-hydrogen) atoms. The van der Waals surface area contributed by atoms with Crippen molar-refractivity contribution in [3.05, 3.63) is 148 Å². The normalized spacial score (nSPS) is 13.0. The highest BCUT2D eigenvalue weighted by Gasteiger charge is 2.30. The number of aromatic carboxylic acids is 1. The van der Waals surface area contributed by atoms with Gasteiger partial charge < -0.3 is 25.4 Å². The monoisotopic (exact) mass is 722 g/mol. The Morgan fingerprint density at radius 2 is 1.40 bits per heavy atom. The van der Waals surface area contributed by atoms with Gasteiger partial charge in [0.15, 0.2) is 0 Å². The largest absolute Gasteiger partial charge is 0.478 e. The molecule has 4 aromatic carbocycles. The first-order valence-electron chi connectivity index (χ1n) is 17.1. The van der Waals surface area contributed by atoms with Gasteiger partial charge in [-0.1, -0.05) is 36.4 Å². The van der Waals surface area contributed by atoms with Crippen LogP contribution in [0.25, 0.3) is 11.3 Å². The lowest BCUT2D eigenvalue weighted by molar-refractivity contribution is -0.137. The van der Waals surface area contributed by atoms with Crippen molar-refractivity contribution in [3.8, 4) is 11.3 Å². The highest BCUT2D eigenvalue weighted by Crippen LogP contribution is 2.33. The summed E-state index contributed by atoms with van der Waals surface area (Å²) in [7, 11) is 0. The van der Waals surface area contributed by atoms with E-state index in [0.29, 0.717) is 33.6 Å². The average Bonchev–Trinajstić information content (AvgIpc) is 3.17. The van der Waals surface area contributed by atoms with E-state index in [4.69, 9.17) is 4.74 Å². The molecule has 0 aliphatic carbocycles. The number of hydrogen-bond donors (Lipinski definition) is 3. The van der Waals surface area contributed by atoms with Gasteiger partial charge >= 0.3 is 12.1 Å². The molecular weight excluding hydrogens is 685 g/mol. The lowest BCUT2D eigenvalue weighted by atomic mass is 10.0. The third-order valence-electron chi connectivity index (χ3n) is 8.88. The summed E-state index contributed by atoms with van der Waals surface area (Å²) >= 11 is 0. The molecule has 3 N–H and O–H groups in total. The number of halogens is 3. The molecular formula is C41H37F3N4O5. The molecule has 0 bridgehead atoms. The van der Waals surface area contributed by atoms with Gasteiger partial charge in [-0.15, -0.1) is 0 Å². The maximum atomic E-state index is 13.6. The standard InChI is InChI=1S/C41H37F3N4O5/c42-41(43,44)33-12-6-7-27(21-33)24-46-38(49)31-15-16-45-37(22-31)35-23-34(48-17-2-1-3-18-48)13-14-36(35)47-39(50)30-10-4-8-28(19-30)25-53-26-29-9-5-11-32(20-29)40(51)52/h4-16,19-23H,1-3,17-18,24-26H2,(H,46,49)(H,47,50)(H,51,52). The highest BCUT2D eigenvalue weighted by molar-refractivity contribution is 6.06. The summed E-state index contributed by atoms with van der Waals surface area (Å²) in [6.45, 7) is 2.06. The summed E-state index contributed by atoms with van der Waals surface area (Å²) < 4.78 is 45.4. The molecule has 1 saturated heterocycles. The first kappa shape index (κ1) is 36.8. The summed E-state index contributed by atoms with van der Waals surface area (Å²) in [5, 5.41) is 14.9. The van der Waals surface area contributed by atoms with Gasteiger partial charge in [-0.05, 0) is 103 Å². The Balaban J connectivity index is 1.19. The van der Waals surface area contributed by atoms with Crippen LogP contribution in [0, 0.1) is 0 Å². The first-order valence-corrected chi connectivity index (χ1v) is 17.1. The number of benzene rings is 4. The lowest BCUT2D eigenvalue weighted by Gasteiger charge is -2.29. The van der Waals surface area contributed by atoms with E-state index in [9.17, 15) is 32.7 Å². The molecule has 12 heteroatoms. The molecule has 1 aliphatic rings. The second-order valence-electron chi connectivity index (χ2n) is 12.7. The number of nitrogens with one attached hydrogen (secondary N) is 2. The maximum Gasteiger partial charge on any atom is 0.416 e. The number of pyridine rings is 1. The van der Waals surface area contributed by atoms with Crippen molar-refractivity contribution in [2.45, 2.75) is 45.2 Å². The van der Waals surface area contributed by atoms with Gasteiger partial charge in [0.05, 0.1) is 35.7 Å². The van der Waals surface area contributed by atoms with E-state index >= 15 is 0 Å². The molecule has 0 unspecified atom stereocenters. The van der Waals surface area contributed by atoms with Gasteiger partial charge in [0.1, 0.15) is 0 Å². The van der Waals surface area contributed by atoms with Gasteiger partial charge in [0.2, 0.25) is 0 Å². The third kappa shape index (κ3) is 9.66. The van der Waals surface area contributed by atoms with Crippen LogP contribution >= 0.6 is 0 Å². The van der Waals surface area contributed by atoms with Crippen molar-refractivity contribution in [2.75, 3.05) is 23.3 Å². The van der Waals surface area contributed by atoms with Crippen LogP contribution in [0.5, 0.6) is 0 Å². The quantitative estimate of drug-likeness (QED) is 0.118. The molecule has 9 nitrogen and oxygen atoms in total. The number of hydrogen-bond acceptors (Lipinski definition) is 6. The van der Waals surface area contributed by atoms with Crippen molar-refractivity contribution < 1.29 is 37.4 Å². The van der Waals surface area contributed by atoms with Crippen LogP contribution < -0.4 is 15.5 Å². The van der Waals surface area contributed by atoms with E-state index in [1.807, 2.05) is 24.3 Å². The molecule has 0 atom stereocenters. The zero-order valence-electron chi connectivity index (χ0n) is 28.7. The Morgan fingerprint density at radius 3 is 2.11 bits per heavy atom. The summed E-state index contributed by atoms with van der Waals surface area (Å²) in [6, 6.07) is 27.1. The minimum Gasteiger partial charge on any atom is -0.478 e. The molecule has 6 rings (SSSR count). The summed E-state index contributed by atoms with van der Waals surface area (Å²) in [5.74, 6) is -1.88. The minimum absolute atomic E-state index is 0.103. The summed E-state index contributed by atoms with van der Waals surface area (Å²) in [6.07, 6.45) is 0.255. The molecule has 2 heterocycles. The van der Waals surface area contributed by atoms with Crippen molar-refractivity contribution in [1.29, 1.82) is 0 Å². The van der Waals surface area contributed by atoms with Gasteiger partial charge in [-0.25, -0.2) is 4.79 Å². The predicted octanol–water partition coefficient (Wildman–Crippen LogP) is 8.36. The molecule has 0 saturated carbocycles. The first-order chi connectivity index (χ1) is 25.5. The molecule has 1 aliphatic heterocycles. The van der Waals surface area contributed by atoms with Crippen LogP contribution in [0.4, 0.5) is 24.5 Å². The van der Waals surface area contributed by atoms with Crippen LogP contribution in [0.1, 0.15) is 72.6 Å². The fraction of sp³-hybridized carbons (Fsp3) is 0.220. The molecule has 5 aromatic rings. The zero-order chi connectivity index (χ0) is 37.4. The Kier molecular flexibility index (Phi) is 11.5. The smallest absolute Gasteiger partial charge is 0.416 e. The molecule has 272 valence electrons. The van der Waals surface area contributed by atoms with Crippen LogP contribution in [-0.4, -0.2) is 41.0 Å². The van der Waals surface area contributed by atoms with Gasteiger partial charge in [-0.2, -0.15) is 13.2 Å². The van der Waals surface area contributed by atoms with Gasteiger partial charge in [-0.3, -0.25) is 14.6 Å². The van der Waals surface area contributed by atoms with Crippen molar-refractivity contribution >= 4 is 29.2 Å². The van der Waals surface area contributed by atoms with Crippen molar-refractivity contribution in [3.63, 3.8) is 0 Å². The van der Waals surface area contributed by atoms with E-state index < -0.39 is 23.6 Å². The number of aromatic nitrogens is 1. The van der Waals surface area contributed by atoms with Crippen LogP contribution in [0.15, 0.2) is 109 Å². The molecule has 1 aromatic heterocycles. The Hall–Kier alpha value is -6.01. The van der Waals surface area contributed by atoms with Gasteiger partial charge in [0, 0.05) is 48.2 Å². The lowest BCUT2D eigenvalue weighted by Crippen LogP contribution is -2.29. The maximum absolute atomic E-state index is 13.6. The number of piperidine rings is 1. The number of rotatable bonds is 12. The van der Waals surface area contributed by atoms with Crippen molar-refractivity contribution in [2.24, 2.45) is 0 Å². The number of anilines is 2. The topological polar surface area (TPSA) is 121 Å². The van der Waals surface area contributed by atoms with E-state index in [1.54, 1.807) is 42.5 Å². The number of nitrogens with zero attached hydrogens (tertiary/aromatic N) is 2. The van der Waals surface area contributed by atoms with E-state index in [-0.39, 0.29) is 36.8 Å². The molecule has 0 spiro atoms. The van der Waals surface area contributed by atoms with Crippen molar-refractivity contribution in [1.82, 2.24) is 10.3 Å². The van der Waals surface area contributed by atoms with E-state index in [2.05, 4.69) is 20.5 Å². The number of carboxylic acids is 1. The van der Waals surface area contributed by atoms with E-state index in [0.717, 1.165) is 55.7 Å². The average molecular weight is 723 g/mol. The third-order valence-corrected chi connectivity index (χ3v) is 8.88. The fourth-order valence-electron chi connectivity index (χ4n) is 6.14. The number of ether oxygens (including phenoxy) is 1. The SMILES string of the molecule is O=C(O)c1cccc(COCc2cccc(C(=O)Nc3ccc(N4CCCCC4)cc3-c3cc(C(=O)NCc4cccc(C(F)(F)F)c4)ccn3)c2)c1. The number of amides is 2. The van der Waals surface area contributed by atoms with Crippen LogP contribution in [0.3, 0.4) is 0 Å². The van der Waals surface area contributed by atoms with Crippen LogP contribution in [-0.2, 0) is 30.7 Å². The number of carbonyl (C=O) groups excluding carboxylic acids is 2. The molecule has 1 fully saturated rings. The number of carboxylic acid groups (broad SMARTS) is 1. The number of carbonyl (C=O) groups is 3. The Bertz CT molecular complexity index is 2110. The van der Waals surface area contributed by atoms with Crippen LogP contribution in [0.2, 0.25) is 0 Å². The predicted molar refractivity (Wildman–Crippen MR) is 195 cm³/mol. The zero-order valence-corrected chi connectivity index (χ0v) is 28.7. The molecule has 2 amide bonds. The summed E-state index contributed by atoms with van der Waals surface area (Å²) in [5.41, 5.74) is 4.25. The Morgan fingerprint density at radius 1 is 0.736 bits per heavy atom. The second-order valence-corrected chi connectivity index (χ2v) is 12.7.